The molecule has 1 unspecified atom stereocenters. The second-order valence-electron chi connectivity index (χ2n) is 5.10. The first-order valence-corrected chi connectivity index (χ1v) is 7.92. The highest BCUT2D eigenvalue weighted by atomic mass is 35.5. The van der Waals surface area contributed by atoms with Crippen molar-refractivity contribution in [1.29, 1.82) is 0 Å². The molecule has 1 atom stereocenters. The number of ether oxygens (including phenoxy) is 1. The summed E-state index contributed by atoms with van der Waals surface area (Å²) in [6.45, 7) is 0.376. The van der Waals surface area contributed by atoms with Crippen LogP contribution in [0.5, 0.6) is 11.5 Å². The molecule has 0 aliphatic heterocycles. The molecule has 0 aliphatic rings. The number of benzene rings is 2. The summed E-state index contributed by atoms with van der Waals surface area (Å²) in [7, 11) is 0. The van der Waals surface area contributed by atoms with Crippen molar-refractivity contribution in [2.45, 2.75) is 12.5 Å². The van der Waals surface area contributed by atoms with E-state index in [1.807, 2.05) is 0 Å². The Morgan fingerprint density at radius 1 is 1.12 bits per heavy atom. The number of carbonyl (C=O) groups excluding carboxylic acids is 1. The van der Waals surface area contributed by atoms with E-state index in [9.17, 15) is 4.79 Å². The first-order valence-electron chi connectivity index (χ1n) is 7.16. The van der Waals surface area contributed by atoms with Crippen molar-refractivity contribution in [1.82, 2.24) is 14.8 Å². The Morgan fingerprint density at radius 2 is 1.88 bits per heavy atom. The lowest BCUT2D eigenvalue weighted by molar-refractivity contribution is -0.109. The highest BCUT2D eigenvalue weighted by Gasteiger charge is 2.16. The van der Waals surface area contributed by atoms with Crippen LogP contribution in [0.15, 0.2) is 55.1 Å². The van der Waals surface area contributed by atoms with Gasteiger partial charge in [0.1, 0.15) is 30.4 Å². The molecule has 3 rings (SSSR count). The second-order valence-corrected chi connectivity index (χ2v) is 5.94. The zero-order chi connectivity index (χ0) is 16.9. The minimum Gasteiger partial charge on any atom is -0.457 e. The average molecular weight is 362 g/mol. The Bertz CT molecular complexity index is 820. The molecule has 5 nitrogen and oxygen atoms in total. The van der Waals surface area contributed by atoms with Crippen molar-refractivity contribution in [2.75, 3.05) is 0 Å². The van der Waals surface area contributed by atoms with Crippen molar-refractivity contribution in [3.63, 3.8) is 0 Å². The van der Waals surface area contributed by atoms with Crippen LogP contribution >= 0.6 is 23.2 Å². The summed E-state index contributed by atoms with van der Waals surface area (Å²) < 4.78 is 7.32. The van der Waals surface area contributed by atoms with Crippen LogP contribution in [0.25, 0.3) is 0 Å². The van der Waals surface area contributed by atoms with Gasteiger partial charge in [-0.25, -0.2) is 4.98 Å². The zero-order valence-corrected chi connectivity index (χ0v) is 14.0. The fourth-order valence-corrected chi connectivity index (χ4v) is 2.69. The number of hydrogen-bond donors (Lipinski definition) is 0. The van der Waals surface area contributed by atoms with E-state index >= 15 is 0 Å². The van der Waals surface area contributed by atoms with E-state index in [1.165, 1.54) is 6.33 Å². The van der Waals surface area contributed by atoms with Gasteiger partial charge in [0, 0.05) is 10.0 Å². The molecule has 3 aromatic rings. The number of hydrogen-bond acceptors (Lipinski definition) is 4. The molecule has 0 fully saturated rings. The van der Waals surface area contributed by atoms with Gasteiger partial charge in [-0.3, -0.25) is 4.68 Å². The molecule has 0 amide bonds. The van der Waals surface area contributed by atoms with E-state index in [-0.39, 0.29) is 0 Å². The minimum absolute atomic E-state index is 0.376. The lowest BCUT2D eigenvalue weighted by atomic mass is 10.0. The lowest BCUT2D eigenvalue weighted by Gasteiger charge is -2.14. The summed E-state index contributed by atoms with van der Waals surface area (Å²) in [6, 6.07) is 12.3. The zero-order valence-electron chi connectivity index (χ0n) is 12.5. The van der Waals surface area contributed by atoms with Crippen molar-refractivity contribution in [2.24, 2.45) is 0 Å². The molecular weight excluding hydrogens is 349 g/mol. The first kappa shape index (κ1) is 16.5. The summed E-state index contributed by atoms with van der Waals surface area (Å²) in [5.41, 5.74) is 0.714. The number of halogens is 2. The third-order valence-corrected chi connectivity index (χ3v) is 4.01. The molecule has 0 saturated heterocycles. The van der Waals surface area contributed by atoms with Crippen LogP contribution in [0.1, 0.15) is 11.5 Å². The van der Waals surface area contributed by atoms with Crippen LogP contribution in [-0.2, 0) is 11.3 Å². The molecule has 7 heteroatoms. The SMILES string of the molecule is O=CC(Cn1cncn1)c1ccc(Oc2ccc(Cl)cc2)cc1Cl. The van der Waals surface area contributed by atoms with E-state index in [1.54, 1.807) is 53.5 Å². The molecular formula is C17H13Cl2N3O2. The predicted octanol–water partition coefficient (Wildman–Crippen LogP) is 4.36. The van der Waals surface area contributed by atoms with Crippen LogP contribution in [0.2, 0.25) is 10.0 Å². The summed E-state index contributed by atoms with van der Waals surface area (Å²) >= 11 is 12.2. The molecule has 24 heavy (non-hydrogen) atoms. The molecule has 1 heterocycles. The Kier molecular flexibility index (Phi) is 5.13. The number of aromatic nitrogens is 3. The molecule has 0 spiro atoms. The normalized spacial score (nSPS) is 11.9. The van der Waals surface area contributed by atoms with E-state index in [0.717, 1.165) is 6.29 Å². The van der Waals surface area contributed by atoms with Gasteiger partial charge in [0.15, 0.2) is 0 Å². The van der Waals surface area contributed by atoms with Crippen molar-refractivity contribution < 1.29 is 9.53 Å². The summed E-state index contributed by atoms with van der Waals surface area (Å²) in [5, 5.41) is 5.10. The molecule has 0 aliphatic carbocycles. The Morgan fingerprint density at radius 3 is 2.50 bits per heavy atom. The van der Waals surface area contributed by atoms with Gasteiger partial charge in [-0.05, 0) is 42.0 Å². The van der Waals surface area contributed by atoms with Crippen molar-refractivity contribution in [3.8, 4) is 11.5 Å². The minimum atomic E-state index is -0.413. The molecule has 122 valence electrons. The van der Waals surface area contributed by atoms with Crippen LogP contribution < -0.4 is 4.74 Å². The molecule has 0 saturated carbocycles. The highest BCUT2D eigenvalue weighted by molar-refractivity contribution is 6.31. The highest BCUT2D eigenvalue weighted by Crippen LogP contribution is 2.31. The third-order valence-electron chi connectivity index (χ3n) is 3.44. The second kappa shape index (κ2) is 7.47. The van der Waals surface area contributed by atoms with Crippen LogP contribution in [0.4, 0.5) is 0 Å². The van der Waals surface area contributed by atoms with Crippen molar-refractivity contribution >= 4 is 29.5 Å². The van der Waals surface area contributed by atoms with Gasteiger partial charge >= 0.3 is 0 Å². The van der Waals surface area contributed by atoms with E-state index in [0.29, 0.717) is 33.7 Å². The van der Waals surface area contributed by atoms with E-state index in [2.05, 4.69) is 10.1 Å². The van der Waals surface area contributed by atoms with Gasteiger partial charge in [0.2, 0.25) is 0 Å². The molecule has 0 radical (unpaired) electrons. The smallest absolute Gasteiger partial charge is 0.137 e. The molecule has 1 aromatic heterocycles. The van der Waals surface area contributed by atoms with E-state index < -0.39 is 5.92 Å². The number of rotatable bonds is 6. The quantitative estimate of drug-likeness (QED) is 0.612. The summed E-state index contributed by atoms with van der Waals surface area (Å²) in [6.07, 6.45) is 3.83. The maximum Gasteiger partial charge on any atom is 0.137 e. The molecule has 0 N–H and O–H groups in total. The van der Waals surface area contributed by atoms with Gasteiger partial charge < -0.3 is 9.53 Å². The van der Waals surface area contributed by atoms with Crippen molar-refractivity contribution in [3.05, 3.63) is 70.7 Å². The number of nitrogens with zero attached hydrogens (tertiary/aromatic N) is 3. The topological polar surface area (TPSA) is 57.0 Å². The Labute approximate surface area is 148 Å². The maximum atomic E-state index is 11.4. The van der Waals surface area contributed by atoms with Gasteiger partial charge in [0.25, 0.3) is 0 Å². The maximum absolute atomic E-state index is 11.4. The first-order chi connectivity index (χ1) is 11.7. The summed E-state index contributed by atoms with van der Waals surface area (Å²) in [5.74, 6) is 0.818. The van der Waals surface area contributed by atoms with Crippen LogP contribution in [0, 0.1) is 0 Å². The number of aldehydes is 1. The molecule has 0 bridgehead atoms. The Hall–Kier alpha value is -2.37. The predicted molar refractivity (Wildman–Crippen MR) is 91.8 cm³/mol. The van der Waals surface area contributed by atoms with Gasteiger partial charge in [-0.2, -0.15) is 5.10 Å². The lowest BCUT2D eigenvalue weighted by Crippen LogP contribution is -2.11. The van der Waals surface area contributed by atoms with Crippen LogP contribution in [0.3, 0.4) is 0 Å². The Balaban J connectivity index is 1.78. The van der Waals surface area contributed by atoms with Gasteiger partial charge in [-0.15, -0.1) is 0 Å². The third kappa shape index (κ3) is 3.93. The van der Waals surface area contributed by atoms with Gasteiger partial charge in [-0.1, -0.05) is 29.3 Å². The largest absolute Gasteiger partial charge is 0.457 e. The fourth-order valence-electron chi connectivity index (χ4n) is 2.25. The standard InChI is InChI=1S/C17H13Cl2N3O2/c18-13-1-3-14(4-2-13)24-15-5-6-16(17(19)7-15)12(9-23)8-22-11-20-10-21-22/h1-7,9-12H,8H2. The average Bonchev–Trinajstić information content (AvgIpc) is 3.08. The van der Waals surface area contributed by atoms with Gasteiger partial charge in [0.05, 0.1) is 12.5 Å². The van der Waals surface area contributed by atoms with Crippen LogP contribution in [-0.4, -0.2) is 21.1 Å². The molecule has 2 aromatic carbocycles. The summed E-state index contributed by atoms with van der Waals surface area (Å²) in [4.78, 5) is 15.3. The number of carbonyl (C=O) groups is 1. The monoisotopic (exact) mass is 361 g/mol. The van der Waals surface area contributed by atoms with E-state index in [4.69, 9.17) is 27.9 Å². The fraction of sp³-hybridized carbons (Fsp3) is 0.118.